The van der Waals surface area contributed by atoms with Gasteiger partial charge in [0, 0.05) is 0 Å². The third kappa shape index (κ3) is 8.37. The van der Waals surface area contributed by atoms with E-state index in [2.05, 4.69) is 19.7 Å². The van der Waals surface area contributed by atoms with Gasteiger partial charge < -0.3 is 29.6 Å². The molecule has 0 saturated heterocycles. The molecule has 1 radical (unpaired) electrons. The summed E-state index contributed by atoms with van der Waals surface area (Å²) in [5, 5.41) is 45.9. The molecule has 2 aromatic heterocycles. The molecule has 0 aromatic carbocycles. The SMILES string of the molecule is [Ir+4].[O-]B([O-])On1cccn1.[O-]B([O-])On1cccn1. The minimum atomic E-state index is -2.31. The van der Waals surface area contributed by atoms with E-state index in [0.29, 0.717) is 0 Å². The molecule has 0 unspecified atom stereocenters. The molecule has 2 heterocycles. The molecule has 10 nitrogen and oxygen atoms in total. The van der Waals surface area contributed by atoms with E-state index in [0.717, 1.165) is 9.69 Å². The Balaban J connectivity index is 0.000000324. The molecule has 0 amide bonds. The van der Waals surface area contributed by atoms with Crippen LogP contribution in [0.5, 0.6) is 0 Å². The van der Waals surface area contributed by atoms with E-state index >= 15 is 0 Å². The summed E-state index contributed by atoms with van der Waals surface area (Å²) in [6, 6.07) is 3.09. The van der Waals surface area contributed by atoms with Gasteiger partial charge in [-0.3, -0.25) is 0 Å². The zero-order valence-electron chi connectivity index (χ0n) is 9.19. The average Bonchev–Trinajstić information content (AvgIpc) is 2.90. The average molecular weight is 444 g/mol. The Labute approximate surface area is 121 Å². The Kier molecular flexibility index (Phi) is 8.87. The minimum Gasteiger partial charge on any atom is -0.858 e. The fourth-order valence-electron chi connectivity index (χ4n) is 0.811. The molecular weight excluding hydrogens is 438 g/mol. The number of hydrogen-bond donors (Lipinski definition) is 0. The number of nitrogens with zero attached hydrogens (tertiary/aromatic N) is 4. The Morgan fingerprint density at radius 2 is 1.16 bits per heavy atom. The number of rotatable bonds is 4. The Bertz CT molecular complexity index is 373. The second-order valence-corrected chi connectivity index (χ2v) is 2.61. The van der Waals surface area contributed by atoms with Crippen LogP contribution in [0, 0.1) is 0 Å². The van der Waals surface area contributed by atoms with Crippen molar-refractivity contribution >= 4 is 14.6 Å². The Morgan fingerprint density at radius 1 is 0.789 bits per heavy atom. The summed E-state index contributed by atoms with van der Waals surface area (Å²) < 4.78 is 8.10. The van der Waals surface area contributed by atoms with E-state index in [4.69, 9.17) is 0 Å². The Hall–Kier alpha value is -1.36. The van der Waals surface area contributed by atoms with Gasteiger partial charge in [0.25, 0.3) is 0 Å². The first kappa shape index (κ1) is 17.6. The fraction of sp³-hybridized carbons (Fsp3) is 0. The van der Waals surface area contributed by atoms with E-state index in [1.807, 2.05) is 0 Å². The van der Waals surface area contributed by atoms with Gasteiger partial charge in [-0.2, -0.15) is 0 Å². The minimum absolute atomic E-state index is 0. The summed E-state index contributed by atoms with van der Waals surface area (Å²) in [6.45, 7) is 0. The standard InChI is InChI=1S/2C3H3BN2O3.Ir/c2*7-4(8)9-6-3-1-2-5-6;/h2*1-3H;/q2*-2;+4. The molecule has 0 atom stereocenters. The first-order valence-corrected chi connectivity index (χ1v) is 4.55. The van der Waals surface area contributed by atoms with E-state index in [-0.39, 0.29) is 20.1 Å². The summed E-state index contributed by atoms with van der Waals surface area (Å²) in [5.41, 5.74) is 0. The third-order valence-corrected chi connectivity index (χ3v) is 1.35. The second-order valence-electron chi connectivity index (χ2n) is 2.61. The summed E-state index contributed by atoms with van der Waals surface area (Å²) in [4.78, 5) is 1.65. The molecule has 0 aliphatic carbocycles. The maximum absolute atomic E-state index is 9.76. The summed E-state index contributed by atoms with van der Waals surface area (Å²) in [7, 11) is -4.63. The van der Waals surface area contributed by atoms with Gasteiger partial charge in [0.2, 0.25) is 0 Å². The van der Waals surface area contributed by atoms with E-state index in [1.165, 1.54) is 24.8 Å². The van der Waals surface area contributed by atoms with Crippen LogP contribution in [0.2, 0.25) is 0 Å². The van der Waals surface area contributed by atoms with E-state index in [9.17, 15) is 20.1 Å². The predicted octanol–water partition coefficient (Wildman–Crippen LogP) is -5.97. The van der Waals surface area contributed by atoms with Crippen molar-refractivity contribution in [2.24, 2.45) is 0 Å². The van der Waals surface area contributed by atoms with Gasteiger partial charge in [-0.25, -0.2) is 0 Å². The topological polar surface area (TPSA) is 146 Å². The molecule has 0 aliphatic heterocycles. The van der Waals surface area contributed by atoms with Crippen LogP contribution in [0.3, 0.4) is 0 Å². The van der Waals surface area contributed by atoms with Crippen molar-refractivity contribution < 1.29 is 49.7 Å². The van der Waals surface area contributed by atoms with Crippen molar-refractivity contribution in [1.82, 2.24) is 19.9 Å². The van der Waals surface area contributed by atoms with E-state index < -0.39 is 14.6 Å². The summed E-state index contributed by atoms with van der Waals surface area (Å²) in [5.74, 6) is 0. The molecule has 101 valence electrons. The van der Waals surface area contributed by atoms with Crippen LogP contribution in [0.1, 0.15) is 0 Å². The van der Waals surface area contributed by atoms with Crippen molar-refractivity contribution in [1.29, 1.82) is 0 Å². The van der Waals surface area contributed by atoms with Crippen molar-refractivity contribution in [2.45, 2.75) is 0 Å². The first-order chi connectivity index (χ1) is 8.58. The van der Waals surface area contributed by atoms with Crippen LogP contribution in [0.15, 0.2) is 36.9 Å². The molecule has 19 heavy (non-hydrogen) atoms. The summed E-state index contributed by atoms with van der Waals surface area (Å²) in [6.07, 6.45) is 5.54. The molecule has 0 N–H and O–H groups in total. The second kappa shape index (κ2) is 9.55. The van der Waals surface area contributed by atoms with Gasteiger partial charge in [-0.15, -0.1) is 19.9 Å². The van der Waals surface area contributed by atoms with Crippen LogP contribution in [-0.4, -0.2) is 34.5 Å². The van der Waals surface area contributed by atoms with Crippen LogP contribution >= 0.6 is 0 Å². The van der Waals surface area contributed by atoms with Gasteiger partial charge in [0.1, 0.15) is 0 Å². The van der Waals surface area contributed by atoms with Crippen LogP contribution in [-0.2, 0) is 20.1 Å². The van der Waals surface area contributed by atoms with Gasteiger partial charge in [0.15, 0.2) is 14.6 Å². The Morgan fingerprint density at radius 3 is 1.37 bits per heavy atom. The summed E-state index contributed by atoms with van der Waals surface area (Å²) >= 11 is 0. The van der Waals surface area contributed by atoms with Crippen molar-refractivity contribution in [3.05, 3.63) is 36.9 Å². The number of hydrogen-bond acceptors (Lipinski definition) is 8. The van der Waals surface area contributed by atoms with Gasteiger partial charge in [-0.1, -0.05) is 0 Å². The zero-order chi connectivity index (χ0) is 13.4. The van der Waals surface area contributed by atoms with Crippen LogP contribution < -0.4 is 29.6 Å². The predicted molar refractivity (Wildman–Crippen MR) is 49.1 cm³/mol. The molecule has 0 spiro atoms. The van der Waals surface area contributed by atoms with Gasteiger partial charge >= 0.3 is 20.1 Å². The van der Waals surface area contributed by atoms with E-state index in [1.54, 1.807) is 12.1 Å². The van der Waals surface area contributed by atoms with Crippen LogP contribution in [0.25, 0.3) is 0 Å². The quantitative estimate of drug-likeness (QED) is 0.424. The van der Waals surface area contributed by atoms with Gasteiger partial charge in [-0.05, 0) is 12.1 Å². The first-order valence-electron chi connectivity index (χ1n) is 4.55. The molecule has 0 aliphatic rings. The van der Waals surface area contributed by atoms with Gasteiger partial charge in [0.05, 0.1) is 24.8 Å². The largest absolute Gasteiger partial charge is 4.00 e. The molecule has 13 heteroatoms. The molecule has 0 fully saturated rings. The maximum atomic E-state index is 9.76. The monoisotopic (exact) mass is 445 g/mol. The third-order valence-electron chi connectivity index (χ3n) is 1.35. The smallest absolute Gasteiger partial charge is 0.858 e. The van der Waals surface area contributed by atoms with Crippen molar-refractivity contribution in [2.75, 3.05) is 0 Å². The van der Waals surface area contributed by atoms with Crippen molar-refractivity contribution in [3.8, 4) is 0 Å². The number of aromatic nitrogens is 4. The maximum Gasteiger partial charge on any atom is 4.00 e. The molecule has 0 bridgehead atoms. The molecule has 2 rings (SSSR count). The molecule has 2 aromatic rings. The van der Waals surface area contributed by atoms with Crippen LogP contribution in [0.4, 0.5) is 0 Å². The fourth-order valence-corrected chi connectivity index (χ4v) is 0.811. The molecular formula is C6H6B2IrN4O6. The zero-order valence-corrected chi connectivity index (χ0v) is 11.6. The molecule has 0 saturated carbocycles. The normalized spacial score (nSPS) is 8.63. The van der Waals surface area contributed by atoms with Crippen molar-refractivity contribution in [3.63, 3.8) is 0 Å².